The molecule has 10 heavy (non-hydrogen) atoms. The molecule has 0 aliphatic carbocycles. The van der Waals surface area contributed by atoms with Gasteiger partial charge in [0.15, 0.2) is 0 Å². The first-order valence-electron chi connectivity index (χ1n) is 2.88. The fraction of sp³-hybridized carbons (Fsp3) is 0.600. The zero-order valence-corrected chi connectivity index (χ0v) is 5.45. The van der Waals surface area contributed by atoms with Gasteiger partial charge in [-0.25, -0.2) is 10.2 Å². The van der Waals surface area contributed by atoms with Crippen LogP contribution < -0.4 is 5.43 Å². The molecular formula is C5H10N2O3. The summed E-state index contributed by atoms with van der Waals surface area (Å²) < 4.78 is 0. The Hall–Kier alpha value is -1.10. The van der Waals surface area contributed by atoms with E-state index in [2.05, 4.69) is 5.10 Å². The molecule has 0 aliphatic rings. The Morgan fingerprint density at radius 2 is 2.40 bits per heavy atom. The van der Waals surface area contributed by atoms with Gasteiger partial charge in [-0.05, 0) is 12.8 Å². The van der Waals surface area contributed by atoms with Crippen molar-refractivity contribution < 1.29 is 15.0 Å². The van der Waals surface area contributed by atoms with E-state index in [0.29, 0.717) is 12.8 Å². The van der Waals surface area contributed by atoms with Crippen LogP contribution in [0.2, 0.25) is 0 Å². The Bertz CT molecular complexity index is 124. The van der Waals surface area contributed by atoms with E-state index in [0.717, 1.165) is 0 Å². The van der Waals surface area contributed by atoms with E-state index in [1.807, 2.05) is 5.43 Å². The highest BCUT2D eigenvalue weighted by Crippen LogP contribution is 1.80. The van der Waals surface area contributed by atoms with Crippen molar-refractivity contribution >= 4 is 12.3 Å². The Morgan fingerprint density at radius 3 is 2.90 bits per heavy atom. The molecule has 58 valence electrons. The number of nitrogens with one attached hydrogen (secondary N) is 1. The first kappa shape index (κ1) is 8.90. The smallest absolute Gasteiger partial charge is 0.425 e. The van der Waals surface area contributed by atoms with E-state index in [-0.39, 0.29) is 6.61 Å². The molecule has 0 aromatic rings. The lowest BCUT2D eigenvalue weighted by Crippen LogP contribution is -2.13. The van der Waals surface area contributed by atoms with Crippen LogP contribution in [0.5, 0.6) is 0 Å². The maximum absolute atomic E-state index is 9.76. The minimum absolute atomic E-state index is 0.0963. The Kier molecular flexibility index (Phi) is 5.36. The lowest BCUT2D eigenvalue weighted by Gasteiger charge is -1.88. The summed E-state index contributed by atoms with van der Waals surface area (Å²) in [6, 6.07) is 0. The maximum atomic E-state index is 9.76. The molecule has 0 spiro atoms. The van der Waals surface area contributed by atoms with Gasteiger partial charge in [0.2, 0.25) is 0 Å². The zero-order chi connectivity index (χ0) is 7.82. The lowest BCUT2D eigenvalue weighted by atomic mass is 10.3. The van der Waals surface area contributed by atoms with E-state index < -0.39 is 6.09 Å². The van der Waals surface area contributed by atoms with Crippen molar-refractivity contribution in [1.82, 2.24) is 5.43 Å². The molecule has 5 heteroatoms. The Labute approximate surface area is 58.4 Å². The topological polar surface area (TPSA) is 81.9 Å². The summed E-state index contributed by atoms with van der Waals surface area (Å²) in [5.41, 5.74) is 1.81. The average molecular weight is 146 g/mol. The normalized spacial score (nSPS) is 10.1. The van der Waals surface area contributed by atoms with Crippen LogP contribution in [0.3, 0.4) is 0 Å². The van der Waals surface area contributed by atoms with Crippen molar-refractivity contribution in [1.29, 1.82) is 0 Å². The molecule has 5 nitrogen and oxygen atoms in total. The number of nitrogens with zero attached hydrogens (tertiary/aromatic N) is 1. The molecule has 0 saturated carbocycles. The first-order valence-corrected chi connectivity index (χ1v) is 2.88. The van der Waals surface area contributed by atoms with Crippen molar-refractivity contribution in [2.45, 2.75) is 12.8 Å². The molecule has 0 fully saturated rings. The van der Waals surface area contributed by atoms with E-state index >= 15 is 0 Å². The van der Waals surface area contributed by atoms with Gasteiger partial charge in [-0.2, -0.15) is 5.10 Å². The number of rotatable bonds is 4. The highest BCUT2D eigenvalue weighted by molar-refractivity contribution is 5.66. The van der Waals surface area contributed by atoms with Gasteiger partial charge >= 0.3 is 6.09 Å². The molecule has 0 aliphatic heterocycles. The highest BCUT2D eigenvalue weighted by atomic mass is 16.4. The molecule has 0 saturated heterocycles. The molecule has 0 radical (unpaired) electrons. The average Bonchev–Trinajstić information content (AvgIpc) is 1.87. The maximum Gasteiger partial charge on any atom is 0.425 e. The summed E-state index contributed by atoms with van der Waals surface area (Å²) in [4.78, 5) is 9.76. The minimum Gasteiger partial charge on any atom is -0.464 e. The fourth-order valence-electron chi connectivity index (χ4n) is 0.348. The number of carbonyl (C=O) groups is 1. The van der Waals surface area contributed by atoms with E-state index in [1.165, 1.54) is 6.21 Å². The van der Waals surface area contributed by atoms with Crippen LogP contribution >= 0.6 is 0 Å². The number of aliphatic hydroxyl groups excluding tert-OH is 1. The number of hydrazone groups is 1. The van der Waals surface area contributed by atoms with Crippen molar-refractivity contribution in [2.75, 3.05) is 6.61 Å². The van der Waals surface area contributed by atoms with Gasteiger partial charge in [0.25, 0.3) is 0 Å². The third kappa shape index (κ3) is 6.90. The largest absolute Gasteiger partial charge is 0.464 e. The van der Waals surface area contributed by atoms with Crippen molar-refractivity contribution in [2.24, 2.45) is 5.10 Å². The van der Waals surface area contributed by atoms with Gasteiger partial charge in [-0.1, -0.05) is 0 Å². The molecule has 0 unspecified atom stereocenters. The Balaban J connectivity index is 3.12. The third-order valence-corrected chi connectivity index (χ3v) is 0.743. The summed E-state index contributed by atoms with van der Waals surface area (Å²) in [6.45, 7) is 0.0963. The quantitative estimate of drug-likeness (QED) is 0.297. The predicted octanol–water partition coefficient (Wildman–Crippen LogP) is 0.0123. The summed E-state index contributed by atoms with van der Waals surface area (Å²) in [5.74, 6) is 0. The molecule has 0 atom stereocenters. The molecule has 1 amide bonds. The van der Waals surface area contributed by atoms with Crippen molar-refractivity contribution in [3.8, 4) is 0 Å². The second-order valence-electron chi connectivity index (χ2n) is 1.59. The van der Waals surface area contributed by atoms with Crippen LogP contribution in [-0.2, 0) is 0 Å². The first-order chi connectivity index (χ1) is 4.77. The van der Waals surface area contributed by atoms with Gasteiger partial charge in [0.1, 0.15) is 0 Å². The number of amides is 1. The molecule has 0 aromatic carbocycles. The third-order valence-electron chi connectivity index (χ3n) is 0.743. The van der Waals surface area contributed by atoms with Crippen LogP contribution in [0, 0.1) is 0 Å². The lowest BCUT2D eigenvalue weighted by molar-refractivity contribution is 0.195. The van der Waals surface area contributed by atoms with E-state index in [4.69, 9.17) is 10.2 Å². The Morgan fingerprint density at radius 1 is 1.70 bits per heavy atom. The molecule has 0 aromatic heterocycles. The van der Waals surface area contributed by atoms with Gasteiger partial charge in [0, 0.05) is 12.8 Å². The van der Waals surface area contributed by atoms with E-state index in [1.54, 1.807) is 0 Å². The predicted molar refractivity (Wildman–Crippen MR) is 36.0 cm³/mol. The SMILES string of the molecule is O=C(O)NN=CCCCO. The standard InChI is InChI=1S/C5H10N2O3/c8-4-2-1-3-6-7-5(9)10/h3,7-8H,1-2,4H2,(H,9,10). The summed E-state index contributed by atoms with van der Waals surface area (Å²) in [5, 5.41) is 19.6. The van der Waals surface area contributed by atoms with Gasteiger partial charge in [-0.3, -0.25) is 0 Å². The summed E-state index contributed by atoms with van der Waals surface area (Å²) >= 11 is 0. The summed E-state index contributed by atoms with van der Waals surface area (Å²) in [6.07, 6.45) is 1.41. The zero-order valence-electron chi connectivity index (χ0n) is 5.45. The van der Waals surface area contributed by atoms with Crippen molar-refractivity contribution in [3.63, 3.8) is 0 Å². The second kappa shape index (κ2) is 6.03. The molecule has 0 heterocycles. The van der Waals surface area contributed by atoms with Gasteiger partial charge in [0.05, 0.1) is 0 Å². The van der Waals surface area contributed by atoms with Crippen LogP contribution in [0.1, 0.15) is 12.8 Å². The second-order valence-corrected chi connectivity index (χ2v) is 1.59. The van der Waals surface area contributed by atoms with Gasteiger partial charge in [-0.15, -0.1) is 0 Å². The molecule has 0 bridgehead atoms. The van der Waals surface area contributed by atoms with Gasteiger partial charge < -0.3 is 10.2 Å². The van der Waals surface area contributed by atoms with Crippen LogP contribution in [0.15, 0.2) is 5.10 Å². The monoisotopic (exact) mass is 146 g/mol. The number of hydrogen-bond donors (Lipinski definition) is 3. The number of aliphatic hydroxyl groups is 1. The number of carboxylic acid groups (broad SMARTS) is 1. The minimum atomic E-state index is -1.18. The summed E-state index contributed by atoms with van der Waals surface area (Å²) in [7, 11) is 0. The van der Waals surface area contributed by atoms with Crippen LogP contribution in [-0.4, -0.2) is 29.1 Å². The fourth-order valence-corrected chi connectivity index (χ4v) is 0.348. The number of hydrogen-bond acceptors (Lipinski definition) is 3. The molecule has 3 N–H and O–H groups in total. The molecular weight excluding hydrogens is 136 g/mol. The van der Waals surface area contributed by atoms with Crippen LogP contribution in [0.4, 0.5) is 4.79 Å². The van der Waals surface area contributed by atoms with Crippen LogP contribution in [0.25, 0.3) is 0 Å². The number of unbranched alkanes of at least 4 members (excludes halogenated alkanes) is 1. The molecule has 0 rings (SSSR count). The van der Waals surface area contributed by atoms with Crippen molar-refractivity contribution in [3.05, 3.63) is 0 Å². The highest BCUT2D eigenvalue weighted by Gasteiger charge is 1.85. The van der Waals surface area contributed by atoms with E-state index in [9.17, 15) is 4.79 Å².